The van der Waals surface area contributed by atoms with E-state index in [1.807, 2.05) is 4.90 Å². The number of nitrogens with zero attached hydrogens (tertiary/aromatic N) is 5. The molecule has 0 unspecified atom stereocenters. The maximum atomic E-state index is 12.4. The maximum Gasteiger partial charge on any atom is 0.332 e. The van der Waals surface area contributed by atoms with Crippen LogP contribution in [0.2, 0.25) is 0 Å². The molecule has 0 saturated carbocycles. The van der Waals surface area contributed by atoms with Gasteiger partial charge < -0.3 is 9.47 Å². The van der Waals surface area contributed by atoms with Crippen molar-refractivity contribution >= 4 is 17.1 Å². The third-order valence-electron chi connectivity index (χ3n) is 5.13. The Bertz CT molecular complexity index is 907. The van der Waals surface area contributed by atoms with Crippen LogP contribution in [-0.4, -0.2) is 42.1 Å². The van der Waals surface area contributed by atoms with Gasteiger partial charge in [0.15, 0.2) is 11.2 Å². The fraction of sp³-hybridized carbons (Fsp3) is 0.647. The number of fused-ring (bicyclic) bond motifs is 1. The summed E-state index contributed by atoms with van der Waals surface area (Å²) in [6.45, 7) is 3.47. The molecule has 8 nitrogen and oxygen atoms in total. The van der Waals surface area contributed by atoms with Gasteiger partial charge in [-0.05, 0) is 32.6 Å². The molecular formula is C17H25N5O3. The number of imidazole rings is 1. The average Bonchev–Trinajstić information content (AvgIpc) is 3.02. The van der Waals surface area contributed by atoms with Crippen LogP contribution in [0.3, 0.4) is 0 Å². The van der Waals surface area contributed by atoms with Crippen molar-refractivity contribution in [2.75, 3.05) is 6.54 Å². The van der Waals surface area contributed by atoms with E-state index < -0.39 is 5.69 Å². The van der Waals surface area contributed by atoms with Gasteiger partial charge in [0.05, 0.1) is 6.33 Å². The summed E-state index contributed by atoms with van der Waals surface area (Å²) in [6, 6.07) is 0.317. The molecule has 0 bridgehead atoms. The lowest BCUT2D eigenvalue weighted by atomic mass is 10.0. The molecule has 2 aromatic rings. The second kappa shape index (κ2) is 6.85. The molecule has 2 aromatic heterocycles. The lowest BCUT2D eigenvalue weighted by Gasteiger charge is -2.33. The van der Waals surface area contributed by atoms with Crippen molar-refractivity contribution in [3.63, 3.8) is 0 Å². The molecule has 1 aliphatic rings. The van der Waals surface area contributed by atoms with E-state index >= 15 is 0 Å². The monoisotopic (exact) mass is 347 g/mol. The Kier molecular flexibility index (Phi) is 4.78. The van der Waals surface area contributed by atoms with E-state index in [9.17, 15) is 14.4 Å². The van der Waals surface area contributed by atoms with Crippen LogP contribution >= 0.6 is 0 Å². The number of carbonyl (C=O) groups is 1. The fourth-order valence-corrected chi connectivity index (χ4v) is 3.58. The van der Waals surface area contributed by atoms with Gasteiger partial charge in [-0.2, -0.15) is 0 Å². The SMILES string of the molecule is C[C@H]1CCCCN1C(=O)CCCn1cnc2c1c(=O)n(C)c(=O)n2C. The lowest BCUT2D eigenvalue weighted by molar-refractivity contribution is -0.134. The first-order valence-corrected chi connectivity index (χ1v) is 8.82. The Hall–Kier alpha value is -2.38. The molecule has 1 aliphatic heterocycles. The second-order valence-electron chi connectivity index (χ2n) is 6.85. The number of piperidine rings is 1. The largest absolute Gasteiger partial charge is 0.340 e. The maximum absolute atomic E-state index is 12.4. The number of likely N-dealkylation sites (tertiary alicyclic amines) is 1. The van der Waals surface area contributed by atoms with Crippen LogP contribution in [0.25, 0.3) is 11.2 Å². The van der Waals surface area contributed by atoms with Crippen LogP contribution in [0.1, 0.15) is 39.0 Å². The summed E-state index contributed by atoms with van der Waals surface area (Å²) >= 11 is 0. The Morgan fingerprint density at radius 2 is 2.00 bits per heavy atom. The Morgan fingerprint density at radius 3 is 2.72 bits per heavy atom. The highest BCUT2D eigenvalue weighted by atomic mass is 16.2. The van der Waals surface area contributed by atoms with Crippen molar-refractivity contribution in [1.82, 2.24) is 23.6 Å². The topological polar surface area (TPSA) is 82.1 Å². The Labute approximate surface area is 145 Å². The van der Waals surface area contributed by atoms with Crippen LogP contribution in [0, 0.1) is 0 Å². The summed E-state index contributed by atoms with van der Waals surface area (Å²) in [5.41, 5.74) is 0.0380. The summed E-state index contributed by atoms with van der Waals surface area (Å²) in [4.78, 5) is 42.9. The average molecular weight is 347 g/mol. The second-order valence-corrected chi connectivity index (χ2v) is 6.85. The quantitative estimate of drug-likeness (QED) is 0.812. The molecule has 0 spiro atoms. The molecule has 0 radical (unpaired) electrons. The summed E-state index contributed by atoms with van der Waals surface area (Å²) in [5, 5.41) is 0. The van der Waals surface area contributed by atoms with Gasteiger partial charge in [-0.15, -0.1) is 0 Å². The summed E-state index contributed by atoms with van der Waals surface area (Å²) in [7, 11) is 3.06. The molecule has 1 atom stereocenters. The number of hydrogen-bond donors (Lipinski definition) is 0. The number of carbonyl (C=O) groups excluding carboxylic acids is 1. The van der Waals surface area contributed by atoms with Crippen LogP contribution < -0.4 is 11.2 Å². The molecule has 0 aromatic carbocycles. The van der Waals surface area contributed by atoms with Gasteiger partial charge in [0.25, 0.3) is 5.56 Å². The Morgan fingerprint density at radius 1 is 1.24 bits per heavy atom. The molecule has 1 amide bonds. The molecule has 3 rings (SSSR count). The van der Waals surface area contributed by atoms with E-state index in [1.54, 1.807) is 17.9 Å². The van der Waals surface area contributed by atoms with Gasteiger partial charge in [0, 0.05) is 39.6 Å². The van der Waals surface area contributed by atoms with Crippen molar-refractivity contribution in [3.05, 3.63) is 27.2 Å². The van der Waals surface area contributed by atoms with Crippen molar-refractivity contribution in [1.29, 1.82) is 0 Å². The first-order valence-electron chi connectivity index (χ1n) is 8.82. The lowest BCUT2D eigenvalue weighted by Crippen LogP contribution is -2.42. The third-order valence-corrected chi connectivity index (χ3v) is 5.13. The summed E-state index contributed by atoms with van der Waals surface area (Å²) in [6.07, 6.45) is 6.00. The normalized spacial score (nSPS) is 18.0. The predicted molar refractivity (Wildman–Crippen MR) is 94.5 cm³/mol. The zero-order chi connectivity index (χ0) is 18.1. The van der Waals surface area contributed by atoms with Crippen molar-refractivity contribution in [3.8, 4) is 0 Å². The number of rotatable bonds is 4. The van der Waals surface area contributed by atoms with Crippen LogP contribution in [0.5, 0.6) is 0 Å². The summed E-state index contributed by atoms with van der Waals surface area (Å²) < 4.78 is 4.19. The van der Waals surface area contributed by atoms with E-state index in [0.29, 0.717) is 36.6 Å². The zero-order valence-electron chi connectivity index (χ0n) is 15.1. The van der Waals surface area contributed by atoms with Gasteiger partial charge in [-0.25, -0.2) is 9.78 Å². The van der Waals surface area contributed by atoms with Gasteiger partial charge in [-0.3, -0.25) is 18.7 Å². The minimum absolute atomic E-state index is 0.178. The summed E-state index contributed by atoms with van der Waals surface area (Å²) in [5.74, 6) is 0.178. The van der Waals surface area contributed by atoms with E-state index in [0.717, 1.165) is 24.0 Å². The molecule has 1 saturated heterocycles. The first kappa shape index (κ1) is 17.4. The molecule has 0 aliphatic carbocycles. The zero-order valence-corrected chi connectivity index (χ0v) is 15.1. The van der Waals surface area contributed by atoms with E-state index in [4.69, 9.17) is 0 Å². The number of hydrogen-bond acceptors (Lipinski definition) is 4. The molecule has 25 heavy (non-hydrogen) atoms. The first-order chi connectivity index (χ1) is 11.9. The van der Waals surface area contributed by atoms with Crippen LogP contribution in [0.4, 0.5) is 0 Å². The third kappa shape index (κ3) is 3.12. The standard InChI is InChI=1S/C17H25N5O3/c1-12-7-4-5-10-22(12)13(23)8-6-9-21-11-18-15-14(21)16(24)20(3)17(25)19(15)2/h11-12H,4-10H2,1-3H3/t12-/m0/s1. The van der Waals surface area contributed by atoms with Gasteiger partial charge in [0.2, 0.25) is 5.91 Å². The highest BCUT2D eigenvalue weighted by Gasteiger charge is 2.22. The van der Waals surface area contributed by atoms with Gasteiger partial charge in [-0.1, -0.05) is 0 Å². The van der Waals surface area contributed by atoms with Crippen LogP contribution in [0.15, 0.2) is 15.9 Å². The van der Waals surface area contributed by atoms with Crippen molar-refractivity contribution < 1.29 is 4.79 Å². The van der Waals surface area contributed by atoms with Gasteiger partial charge in [0.1, 0.15) is 0 Å². The smallest absolute Gasteiger partial charge is 0.332 e. The molecular weight excluding hydrogens is 322 g/mol. The highest BCUT2D eigenvalue weighted by molar-refractivity contribution is 5.76. The minimum Gasteiger partial charge on any atom is -0.340 e. The van der Waals surface area contributed by atoms with Crippen molar-refractivity contribution in [2.24, 2.45) is 14.1 Å². The molecule has 3 heterocycles. The van der Waals surface area contributed by atoms with Gasteiger partial charge >= 0.3 is 5.69 Å². The van der Waals surface area contributed by atoms with E-state index in [1.165, 1.54) is 18.0 Å². The number of aromatic nitrogens is 4. The Balaban J connectivity index is 1.73. The van der Waals surface area contributed by atoms with E-state index in [-0.39, 0.29) is 11.5 Å². The highest BCUT2D eigenvalue weighted by Crippen LogP contribution is 2.18. The fourth-order valence-electron chi connectivity index (χ4n) is 3.58. The number of aryl methyl sites for hydroxylation is 2. The predicted octanol–water partition coefficient (Wildman–Crippen LogP) is 0.615. The molecule has 0 N–H and O–H groups in total. The van der Waals surface area contributed by atoms with E-state index in [2.05, 4.69) is 11.9 Å². The van der Waals surface area contributed by atoms with Crippen molar-refractivity contribution in [2.45, 2.75) is 51.6 Å². The minimum atomic E-state index is -0.392. The molecule has 1 fully saturated rings. The van der Waals surface area contributed by atoms with Crippen LogP contribution in [-0.2, 0) is 25.4 Å². The molecule has 8 heteroatoms. The number of amides is 1. The molecule has 136 valence electrons.